The molecule has 0 saturated heterocycles. The van der Waals surface area contributed by atoms with Crippen LogP contribution in [0, 0.1) is 20.8 Å². The van der Waals surface area contributed by atoms with E-state index in [0.717, 1.165) is 11.1 Å². The standard InChI is InChI=1S/C19H25NO4S/c1-13-6-8-17(9-7-13)24-12-16(4)20-25(21,22)19-11-14(2)18(23-5)10-15(19)3/h6-11,16,20H,12H2,1-5H3. The summed E-state index contributed by atoms with van der Waals surface area (Å²) in [5.74, 6) is 1.39. The fraction of sp³-hybridized carbons (Fsp3) is 0.368. The monoisotopic (exact) mass is 363 g/mol. The Bertz CT molecular complexity index is 829. The van der Waals surface area contributed by atoms with Crippen LogP contribution in [-0.2, 0) is 10.0 Å². The van der Waals surface area contributed by atoms with Crippen LogP contribution in [0.1, 0.15) is 23.6 Å². The fourth-order valence-electron chi connectivity index (χ4n) is 2.49. The largest absolute Gasteiger partial charge is 0.496 e. The molecule has 0 amide bonds. The lowest BCUT2D eigenvalue weighted by molar-refractivity contribution is 0.287. The van der Waals surface area contributed by atoms with E-state index in [1.807, 2.05) is 38.1 Å². The predicted octanol–water partition coefficient (Wildman–Crippen LogP) is 3.37. The lowest BCUT2D eigenvalue weighted by atomic mass is 10.1. The van der Waals surface area contributed by atoms with E-state index >= 15 is 0 Å². The van der Waals surface area contributed by atoms with Crippen molar-refractivity contribution in [3.8, 4) is 11.5 Å². The van der Waals surface area contributed by atoms with Gasteiger partial charge in [-0.3, -0.25) is 0 Å². The maximum atomic E-state index is 12.7. The van der Waals surface area contributed by atoms with E-state index in [0.29, 0.717) is 17.1 Å². The topological polar surface area (TPSA) is 64.6 Å². The van der Waals surface area contributed by atoms with E-state index in [1.54, 1.807) is 33.1 Å². The van der Waals surface area contributed by atoms with E-state index < -0.39 is 10.0 Å². The molecule has 0 spiro atoms. The Balaban J connectivity index is 2.07. The lowest BCUT2D eigenvalue weighted by Crippen LogP contribution is -2.37. The summed E-state index contributed by atoms with van der Waals surface area (Å²) in [5.41, 5.74) is 2.56. The SMILES string of the molecule is COc1cc(C)c(S(=O)(=O)NC(C)COc2ccc(C)cc2)cc1C. The fourth-order valence-corrected chi connectivity index (χ4v) is 4.03. The summed E-state index contributed by atoms with van der Waals surface area (Å²) in [6, 6.07) is 10.6. The number of nitrogens with one attached hydrogen (secondary N) is 1. The number of ether oxygens (including phenoxy) is 2. The van der Waals surface area contributed by atoms with Crippen LogP contribution in [0.15, 0.2) is 41.3 Å². The van der Waals surface area contributed by atoms with Crippen LogP contribution in [0.5, 0.6) is 11.5 Å². The number of benzene rings is 2. The van der Waals surface area contributed by atoms with Gasteiger partial charge in [-0.05, 0) is 63.1 Å². The van der Waals surface area contributed by atoms with Crippen LogP contribution in [0.4, 0.5) is 0 Å². The number of aryl methyl sites for hydroxylation is 3. The summed E-state index contributed by atoms with van der Waals surface area (Å²) in [6.45, 7) is 7.60. The van der Waals surface area contributed by atoms with Crippen molar-refractivity contribution >= 4 is 10.0 Å². The molecule has 1 unspecified atom stereocenters. The molecule has 2 rings (SSSR count). The van der Waals surface area contributed by atoms with Crippen LogP contribution in [0.3, 0.4) is 0 Å². The molecule has 5 nitrogen and oxygen atoms in total. The molecule has 0 radical (unpaired) electrons. The zero-order valence-corrected chi connectivity index (χ0v) is 16.1. The van der Waals surface area contributed by atoms with Gasteiger partial charge in [0.2, 0.25) is 10.0 Å². The highest BCUT2D eigenvalue weighted by atomic mass is 32.2. The molecular weight excluding hydrogens is 338 g/mol. The van der Waals surface area contributed by atoms with E-state index in [9.17, 15) is 8.42 Å². The molecule has 0 fully saturated rings. The molecule has 6 heteroatoms. The third-order valence-corrected chi connectivity index (χ3v) is 5.59. The quantitative estimate of drug-likeness (QED) is 0.819. The number of methoxy groups -OCH3 is 1. The summed E-state index contributed by atoms with van der Waals surface area (Å²) in [4.78, 5) is 0.257. The molecular formula is C19H25NO4S. The number of hydrogen-bond acceptors (Lipinski definition) is 4. The van der Waals surface area contributed by atoms with Crippen LogP contribution in [0.25, 0.3) is 0 Å². The second kappa shape index (κ2) is 7.89. The van der Waals surface area contributed by atoms with Gasteiger partial charge in [0.25, 0.3) is 0 Å². The third-order valence-electron chi connectivity index (χ3n) is 3.86. The van der Waals surface area contributed by atoms with Gasteiger partial charge in [0.15, 0.2) is 0 Å². The number of rotatable bonds is 7. The normalized spacial score (nSPS) is 12.7. The van der Waals surface area contributed by atoms with E-state index in [1.165, 1.54) is 0 Å². The van der Waals surface area contributed by atoms with Gasteiger partial charge in [-0.25, -0.2) is 13.1 Å². The van der Waals surface area contributed by atoms with E-state index in [2.05, 4.69) is 4.72 Å². The van der Waals surface area contributed by atoms with Gasteiger partial charge in [-0.2, -0.15) is 0 Å². The predicted molar refractivity (Wildman–Crippen MR) is 98.9 cm³/mol. The van der Waals surface area contributed by atoms with Crippen LogP contribution in [0.2, 0.25) is 0 Å². The number of hydrogen-bond donors (Lipinski definition) is 1. The highest BCUT2D eigenvalue weighted by molar-refractivity contribution is 7.89. The molecule has 2 aromatic carbocycles. The van der Waals surface area contributed by atoms with Crippen molar-refractivity contribution in [2.45, 2.75) is 38.6 Å². The third kappa shape index (κ3) is 4.96. The molecule has 0 aliphatic carbocycles. The van der Waals surface area contributed by atoms with Gasteiger partial charge in [-0.1, -0.05) is 17.7 Å². The van der Waals surface area contributed by atoms with Crippen molar-refractivity contribution in [1.29, 1.82) is 0 Å². The molecule has 0 bridgehead atoms. The first-order valence-corrected chi connectivity index (χ1v) is 9.58. The molecule has 0 aromatic heterocycles. The minimum absolute atomic E-state index is 0.247. The van der Waals surface area contributed by atoms with Crippen molar-refractivity contribution in [2.75, 3.05) is 13.7 Å². The minimum atomic E-state index is -3.63. The highest BCUT2D eigenvalue weighted by Crippen LogP contribution is 2.25. The van der Waals surface area contributed by atoms with Gasteiger partial charge in [0.1, 0.15) is 18.1 Å². The molecule has 1 N–H and O–H groups in total. The zero-order valence-electron chi connectivity index (χ0n) is 15.3. The summed E-state index contributed by atoms with van der Waals surface area (Å²) in [6.07, 6.45) is 0. The van der Waals surface area contributed by atoms with Crippen LogP contribution in [-0.4, -0.2) is 28.2 Å². The second-order valence-corrected chi connectivity index (χ2v) is 7.92. The molecule has 25 heavy (non-hydrogen) atoms. The summed E-state index contributed by atoms with van der Waals surface area (Å²) in [7, 11) is -2.07. The lowest BCUT2D eigenvalue weighted by Gasteiger charge is -2.17. The first kappa shape index (κ1) is 19.3. The molecule has 136 valence electrons. The van der Waals surface area contributed by atoms with Crippen molar-refractivity contribution in [3.05, 3.63) is 53.1 Å². The van der Waals surface area contributed by atoms with Crippen molar-refractivity contribution in [3.63, 3.8) is 0 Å². The molecule has 0 aliphatic heterocycles. The maximum absolute atomic E-state index is 12.7. The first-order chi connectivity index (χ1) is 11.7. The maximum Gasteiger partial charge on any atom is 0.241 e. The Kier molecular flexibility index (Phi) is 6.08. The minimum Gasteiger partial charge on any atom is -0.496 e. The molecule has 0 saturated carbocycles. The van der Waals surface area contributed by atoms with E-state index in [4.69, 9.17) is 9.47 Å². The van der Waals surface area contributed by atoms with Crippen LogP contribution >= 0.6 is 0 Å². The van der Waals surface area contributed by atoms with Crippen molar-refractivity contribution < 1.29 is 17.9 Å². The smallest absolute Gasteiger partial charge is 0.241 e. The molecule has 0 aliphatic rings. The molecule has 1 atom stereocenters. The Morgan fingerprint density at radius 2 is 1.68 bits per heavy atom. The number of sulfonamides is 1. The average molecular weight is 363 g/mol. The van der Waals surface area contributed by atoms with Gasteiger partial charge < -0.3 is 9.47 Å². The average Bonchev–Trinajstić information content (AvgIpc) is 2.55. The second-order valence-electron chi connectivity index (χ2n) is 6.23. The summed E-state index contributed by atoms with van der Waals surface area (Å²) in [5, 5.41) is 0. The highest BCUT2D eigenvalue weighted by Gasteiger charge is 2.21. The van der Waals surface area contributed by atoms with Crippen molar-refractivity contribution in [2.24, 2.45) is 0 Å². The zero-order chi connectivity index (χ0) is 18.6. The van der Waals surface area contributed by atoms with Crippen molar-refractivity contribution in [1.82, 2.24) is 4.72 Å². The molecule has 0 heterocycles. The summed E-state index contributed by atoms with van der Waals surface area (Å²) < 4.78 is 38.9. The Morgan fingerprint density at radius 1 is 1.04 bits per heavy atom. The first-order valence-electron chi connectivity index (χ1n) is 8.10. The Labute approximate surface area is 150 Å². The molecule has 2 aromatic rings. The van der Waals surface area contributed by atoms with Gasteiger partial charge >= 0.3 is 0 Å². The van der Waals surface area contributed by atoms with Gasteiger partial charge in [0.05, 0.1) is 18.0 Å². The Morgan fingerprint density at radius 3 is 2.28 bits per heavy atom. The summed E-state index contributed by atoms with van der Waals surface area (Å²) >= 11 is 0. The van der Waals surface area contributed by atoms with E-state index in [-0.39, 0.29) is 17.5 Å². The van der Waals surface area contributed by atoms with Gasteiger partial charge in [0, 0.05) is 0 Å². The van der Waals surface area contributed by atoms with Gasteiger partial charge in [-0.15, -0.1) is 0 Å². The Hall–Kier alpha value is -2.05. The van der Waals surface area contributed by atoms with Crippen LogP contribution < -0.4 is 14.2 Å².